The Morgan fingerprint density at radius 3 is 1.20 bits per heavy atom. The lowest BCUT2D eigenvalue weighted by atomic mass is 9.94. The highest BCUT2D eigenvalue weighted by Crippen LogP contribution is 2.21. The van der Waals surface area contributed by atoms with Crippen LogP contribution < -0.4 is 0 Å². The quantitative estimate of drug-likeness (QED) is 0.553. The molecule has 0 aliphatic carbocycles. The predicted octanol–water partition coefficient (Wildman–Crippen LogP) is 3.50. The van der Waals surface area contributed by atoms with Crippen LogP contribution in [0.25, 0.3) is 0 Å². The minimum absolute atomic E-state index is 0.187. The topological polar surface area (TPSA) is 52.6 Å². The zero-order chi connectivity index (χ0) is 16.1. The van der Waals surface area contributed by atoms with Crippen molar-refractivity contribution in [2.45, 2.75) is 66.6 Å². The van der Waals surface area contributed by atoms with Crippen LogP contribution in [0.3, 0.4) is 0 Å². The number of ether oxygens (including phenoxy) is 2. The van der Waals surface area contributed by atoms with Crippen molar-refractivity contribution in [3.8, 4) is 0 Å². The van der Waals surface area contributed by atoms with Crippen molar-refractivity contribution in [3.05, 3.63) is 12.2 Å². The van der Waals surface area contributed by atoms with Gasteiger partial charge < -0.3 is 9.47 Å². The molecule has 116 valence electrons. The molecule has 0 bridgehead atoms. The van der Waals surface area contributed by atoms with Gasteiger partial charge in [0.05, 0.1) is 0 Å². The monoisotopic (exact) mass is 284 g/mol. The van der Waals surface area contributed by atoms with Gasteiger partial charge in [0.15, 0.2) is 0 Å². The van der Waals surface area contributed by atoms with E-state index in [1.165, 1.54) is 0 Å². The third kappa shape index (κ3) is 6.22. The third-order valence-electron chi connectivity index (χ3n) is 3.86. The molecule has 0 fully saturated rings. The van der Waals surface area contributed by atoms with Crippen LogP contribution in [0.5, 0.6) is 0 Å². The molecular weight excluding hydrogens is 256 g/mol. The fourth-order valence-electron chi connectivity index (χ4n) is 0.958. The standard InChI is InChI=1S/C16H28O4/c1-11(2)15(5,6)19-13(17)9-10-14(18)20-16(7,8)12(3)4/h9-12H,1-8H3/b10-9-. The number of hydrogen-bond acceptors (Lipinski definition) is 4. The van der Waals surface area contributed by atoms with E-state index in [0.717, 1.165) is 12.2 Å². The molecule has 0 amide bonds. The normalized spacial score (nSPS) is 13.1. The Kier molecular flexibility index (Phi) is 6.45. The lowest BCUT2D eigenvalue weighted by molar-refractivity contribution is -0.157. The molecule has 0 aromatic heterocycles. The molecule has 0 radical (unpaired) electrons. The van der Waals surface area contributed by atoms with Crippen LogP contribution in [0.15, 0.2) is 12.2 Å². The van der Waals surface area contributed by atoms with E-state index in [0.29, 0.717) is 0 Å². The number of rotatable bonds is 6. The van der Waals surface area contributed by atoms with Crippen LogP contribution in [0, 0.1) is 11.8 Å². The van der Waals surface area contributed by atoms with Crippen molar-refractivity contribution >= 4 is 11.9 Å². The van der Waals surface area contributed by atoms with E-state index in [-0.39, 0.29) is 11.8 Å². The predicted molar refractivity (Wildman–Crippen MR) is 79.2 cm³/mol. The molecular formula is C16H28O4. The maximum absolute atomic E-state index is 11.7. The second-order valence-corrected chi connectivity index (χ2v) is 6.69. The molecule has 0 saturated heterocycles. The van der Waals surface area contributed by atoms with E-state index in [1.54, 1.807) is 0 Å². The molecule has 0 N–H and O–H groups in total. The van der Waals surface area contributed by atoms with E-state index in [4.69, 9.17) is 9.47 Å². The van der Waals surface area contributed by atoms with Gasteiger partial charge in [-0.25, -0.2) is 9.59 Å². The first kappa shape index (κ1) is 18.7. The van der Waals surface area contributed by atoms with Gasteiger partial charge in [-0.15, -0.1) is 0 Å². The average Bonchev–Trinajstić information content (AvgIpc) is 2.24. The van der Waals surface area contributed by atoms with Crippen LogP contribution in [0.1, 0.15) is 55.4 Å². The Morgan fingerprint density at radius 1 is 0.750 bits per heavy atom. The summed E-state index contributed by atoms with van der Waals surface area (Å²) in [5, 5.41) is 0. The first-order valence-electron chi connectivity index (χ1n) is 7.02. The summed E-state index contributed by atoms with van der Waals surface area (Å²) in [7, 11) is 0. The Morgan fingerprint density at radius 2 is 1.00 bits per heavy atom. The average molecular weight is 284 g/mol. The summed E-state index contributed by atoms with van der Waals surface area (Å²) in [6.45, 7) is 15.2. The highest BCUT2D eigenvalue weighted by atomic mass is 16.6. The maximum Gasteiger partial charge on any atom is 0.331 e. The molecule has 20 heavy (non-hydrogen) atoms. The Labute approximate surface area is 122 Å². The Hall–Kier alpha value is -1.32. The zero-order valence-corrected chi connectivity index (χ0v) is 13.9. The molecule has 4 heteroatoms. The molecule has 0 saturated carbocycles. The van der Waals surface area contributed by atoms with Gasteiger partial charge in [-0.3, -0.25) is 0 Å². The van der Waals surface area contributed by atoms with Gasteiger partial charge in [0, 0.05) is 12.2 Å². The van der Waals surface area contributed by atoms with E-state index < -0.39 is 23.1 Å². The van der Waals surface area contributed by atoms with Gasteiger partial charge >= 0.3 is 11.9 Å². The minimum Gasteiger partial charge on any atom is -0.456 e. The van der Waals surface area contributed by atoms with Crippen LogP contribution in [0.2, 0.25) is 0 Å². The molecule has 0 rings (SSSR count). The summed E-state index contributed by atoms with van der Waals surface area (Å²) >= 11 is 0. The number of hydrogen-bond donors (Lipinski definition) is 0. The van der Waals surface area contributed by atoms with Crippen LogP contribution in [0.4, 0.5) is 0 Å². The third-order valence-corrected chi connectivity index (χ3v) is 3.86. The highest BCUT2D eigenvalue weighted by molar-refractivity contribution is 5.92. The van der Waals surface area contributed by atoms with Gasteiger partial charge in [-0.1, -0.05) is 27.7 Å². The van der Waals surface area contributed by atoms with Gasteiger partial charge in [-0.2, -0.15) is 0 Å². The van der Waals surface area contributed by atoms with Crippen LogP contribution in [-0.2, 0) is 19.1 Å². The van der Waals surface area contributed by atoms with Gasteiger partial charge in [0.1, 0.15) is 11.2 Å². The first-order chi connectivity index (χ1) is 8.88. The van der Waals surface area contributed by atoms with E-state index in [1.807, 2.05) is 55.4 Å². The summed E-state index contributed by atoms with van der Waals surface area (Å²) < 4.78 is 10.6. The van der Waals surface area contributed by atoms with Crippen LogP contribution >= 0.6 is 0 Å². The van der Waals surface area contributed by atoms with Crippen molar-refractivity contribution in [1.29, 1.82) is 0 Å². The molecule has 0 unspecified atom stereocenters. The second-order valence-electron chi connectivity index (χ2n) is 6.69. The van der Waals surface area contributed by atoms with Crippen molar-refractivity contribution < 1.29 is 19.1 Å². The Bertz CT molecular complexity index is 340. The minimum atomic E-state index is -0.567. The van der Waals surface area contributed by atoms with Gasteiger partial charge in [0.2, 0.25) is 0 Å². The highest BCUT2D eigenvalue weighted by Gasteiger charge is 2.27. The summed E-state index contributed by atoms with van der Waals surface area (Å²) in [5.41, 5.74) is -1.13. The fraction of sp³-hybridized carbons (Fsp3) is 0.750. The van der Waals surface area contributed by atoms with Crippen molar-refractivity contribution in [1.82, 2.24) is 0 Å². The van der Waals surface area contributed by atoms with Gasteiger partial charge in [0.25, 0.3) is 0 Å². The van der Waals surface area contributed by atoms with E-state index in [2.05, 4.69) is 0 Å². The molecule has 4 nitrogen and oxygen atoms in total. The second kappa shape index (κ2) is 6.91. The SMILES string of the molecule is CC(C)C(C)(C)OC(=O)/C=C\C(=O)OC(C)(C)C(C)C. The smallest absolute Gasteiger partial charge is 0.331 e. The molecule has 0 aromatic rings. The van der Waals surface area contributed by atoms with Gasteiger partial charge in [-0.05, 0) is 39.5 Å². The summed E-state index contributed by atoms with van der Waals surface area (Å²) in [6, 6.07) is 0. The molecule has 0 aliphatic heterocycles. The summed E-state index contributed by atoms with van der Waals surface area (Å²) in [6.07, 6.45) is 2.23. The lowest BCUT2D eigenvalue weighted by Crippen LogP contribution is -2.34. The molecule has 0 aromatic carbocycles. The molecule has 0 spiro atoms. The van der Waals surface area contributed by atoms with E-state index >= 15 is 0 Å². The van der Waals surface area contributed by atoms with Crippen molar-refractivity contribution in [2.75, 3.05) is 0 Å². The molecule has 0 atom stereocenters. The number of carbonyl (C=O) groups excluding carboxylic acids is 2. The van der Waals surface area contributed by atoms with Crippen molar-refractivity contribution in [2.24, 2.45) is 11.8 Å². The lowest BCUT2D eigenvalue weighted by Gasteiger charge is -2.29. The largest absolute Gasteiger partial charge is 0.456 e. The number of carbonyl (C=O) groups is 2. The molecule has 0 heterocycles. The van der Waals surface area contributed by atoms with Crippen LogP contribution in [-0.4, -0.2) is 23.1 Å². The first-order valence-corrected chi connectivity index (χ1v) is 7.02. The fourth-order valence-corrected chi connectivity index (χ4v) is 0.958. The number of esters is 2. The molecule has 0 aliphatic rings. The summed E-state index contributed by atoms with van der Waals surface area (Å²) in [5.74, 6) is -0.704. The Balaban J connectivity index is 4.51. The maximum atomic E-state index is 11.7. The zero-order valence-electron chi connectivity index (χ0n) is 13.9. The van der Waals surface area contributed by atoms with E-state index in [9.17, 15) is 9.59 Å². The van der Waals surface area contributed by atoms with Crippen molar-refractivity contribution in [3.63, 3.8) is 0 Å². The summed E-state index contributed by atoms with van der Waals surface area (Å²) in [4.78, 5) is 23.3.